The molecule has 0 aromatic heterocycles. The van der Waals surface area contributed by atoms with Crippen molar-refractivity contribution in [2.45, 2.75) is 51.0 Å². The Kier molecular flexibility index (Phi) is 5.67. The fourth-order valence-corrected chi connectivity index (χ4v) is 2.79. The van der Waals surface area contributed by atoms with Gasteiger partial charge in [-0.2, -0.15) is 0 Å². The Labute approximate surface area is 120 Å². The van der Waals surface area contributed by atoms with Crippen LogP contribution in [-0.2, 0) is 6.42 Å². The summed E-state index contributed by atoms with van der Waals surface area (Å²) in [5.41, 5.74) is 3.88. The molecule has 1 aliphatic rings. The zero-order valence-corrected chi connectivity index (χ0v) is 12.0. The molecule has 3 N–H and O–H groups in total. The number of amidine groups is 1. The minimum atomic E-state index is 0.424. The average Bonchev–Trinajstić information content (AvgIpc) is 2.66. The Balaban J connectivity index is 2.02. The second-order valence-corrected chi connectivity index (χ2v) is 5.61. The zero-order valence-electron chi connectivity index (χ0n) is 11.2. The first-order valence-corrected chi connectivity index (χ1v) is 7.43. The second kappa shape index (κ2) is 7.51. The first-order valence-electron chi connectivity index (χ1n) is 7.05. The molecule has 0 unspecified atom stereocenters. The van der Waals surface area contributed by atoms with Gasteiger partial charge in [0.2, 0.25) is 0 Å². The molecule has 1 aromatic carbocycles. The minimum absolute atomic E-state index is 0.424. The molecule has 0 heterocycles. The van der Waals surface area contributed by atoms with E-state index in [1.54, 1.807) is 0 Å². The summed E-state index contributed by atoms with van der Waals surface area (Å²) < 4.78 is 0. The van der Waals surface area contributed by atoms with Crippen LogP contribution in [0.25, 0.3) is 0 Å². The van der Waals surface area contributed by atoms with Crippen molar-refractivity contribution in [2.24, 2.45) is 10.8 Å². The molecule has 104 valence electrons. The molecule has 1 aromatic rings. The third kappa shape index (κ3) is 4.84. The van der Waals surface area contributed by atoms with Gasteiger partial charge < -0.3 is 5.43 Å². The number of nitrogens with one attached hydrogen (secondary N) is 1. The summed E-state index contributed by atoms with van der Waals surface area (Å²) in [6.45, 7) is 0. The van der Waals surface area contributed by atoms with E-state index >= 15 is 0 Å². The van der Waals surface area contributed by atoms with Gasteiger partial charge in [-0.3, -0.25) is 4.99 Å². The number of nitrogens with zero attached hydrogens (tertiary/aromatic N) is 1. The molecule has 0 bridgehead atoms. The highest BCUT2D eigenvalue weighted by atomic mass is 35.5. The summed E-state index contributed by atoms with van der Waals surface area (Å²) in [6, 6.07) is 8.26. The van der Waals surface area contributed by atoms with Crippen LogP contribution in [0.1, 0.15) is 44.1 Å². The lowest BCUT2D eigenvalue weighted by atomic mass is 10.1. The largest absolute Gasteiger partial charge is 0.312 e. The van der Waals surface area contributed by atoms with Gasteiger partial charge in [0, 0.05) is 11.4 Å². The van der Waals surface area contributed by atoms with Crippen LogP contribution in [0.15, 0.2) is 29.3 Å². The molecule has 4 heteroatoms. The second-order valence-electron chi connectivity index (χ2n) is 5.17. The van der Waals surface area contributed by atoms with Crippen LogP contribution in [-0.4, -0.2) is 11.9 Å². The number of rotatable bonds is 3. The maximum absolute atomic E-state index is 5.99. The Morgan fingerprint density at radius 1 is 1.26 bits per heavy atom. The lowest BCUT2D eigenvalue weighted by Crippen LogP contribution is -2.33. The lowest BCUT2D eigenvalue weighted by Gasteiger charge is -2.12. The van der Waals surface area contributed by atoms with Gasteiger partial charge in [-0.05, 0) is 30.5 Å². The number of benzene rings is 1. The molecular formula is C15H22ClN3. The highest BCUT2D eigenvalue weighted by Gasteiger charge is 2.12. The smallest absolute Gasteiger partial charge is 0.115 e. The maximum Gasteiger partial charge on any atom is 0.115 e. The van der Waals surface area contributed by atoms with Crippen LogP contribution in [0, 0.1) is 0 Å². The van der Waals surface area contributed by atoms with Gasteiger partial charge >= 0.3 is 0 Å². The topological polar surface area (TPSA) is 50.4 Å². The summed E-state index contributed by atoms with van der Waals surface area (Å²) >= 11 is 5.99. The van der Waals surface area contributed by atoms with Gasteiger partial charge in [-0.25, -0.2) is 5.84 Å². The molecule has 1 aliphatic carbocycles. The SMILES string of the molecule is NNC(Cc1cccc(Cl)c1)=NC1CCCCCC1. The summed E-state index contributed by atoms with van der Waals surface area (Å²) in [5.74, 6) is 6.46. The maximum atomic E-state index is 5.99. The first-order chi connectivity index (χ1) is 9.28. The third-order valence-electron chi connectivity index (χ3n) is 3.59. The molecule has 0 radical (unpaired) electrons. The fraction of sp³-hybridized carbons (Fsp3) is 0.533. The number of aliphatic imine (C=N–C) groups is 1. The summed E-state index contributed by atoms with van der Waals surface area (Å²) in [4.78, 5) is 4.78. The van der Waals surface area contributed by atoms with E-state index in [-0.39, 0.29) is 0 Å². The monoisotopic (exact) mass is 279 g/mol. The van der Waals surface area contributed by atoms with E-state index in [1.165, 1.54) is 38.5 Å². The van der Waals surface area contributed by atoms with Crippen LogP contribution in [0.4, 0.5) is 0 Å². The Morgan fingerprint density at radius 2 is 2.00 bits per heavy atom. The van der Waals surface area contributed by atoms with Crippen molar-refractivity contribution in [1.82, 2.24) is 5.43 Å². The summed E-state index contributed by atoms with van der Waals surface area (Å²) in [6.07, 6.45) is 8.32. The van der Waals surface area contributed by atoms with Crippen molar-refractivity contribution in [2.75, 3.05) is 0 Å². The summed E-state index contributed by atoms with van der Waals surface area (Å²) in [5, 5.41) is 0.753. The Morgan fingerprint density at radius 3 is 2.63 bits per heavy atom. The highest BCUT2D eigenvalue weighted by molar-refractivity contribution is 6.30. The zero-order chi connectivity index (χ0) is 13.5. The van der Waals surface area contributed by atoms with Crippen molar-refractivity contribution >= 4 is 17.4 Å². The van der Waals surface area contributed by atoms with E-state index in [0.717, 1.165) is 16.4 Å². The molecular weight excluding hydrogens is 258 g/mol. The van der Waals surface area contributed by atoms with E-state index < -0.39 is 0 Å². The molecule has 0 amide bonds. The number of halogens is 1. The molecule has 2 rings (SSSR count). The predicted octanol–water partition coefficient (Wildman–Crippen LogP) is 3.47. The van der Waals surface area contributed by atoms with Gasteiger partial charge in [0.25, 0.3) is 0 Å². The lowest BCUT2D eigenvalue weighted by molar-refractivity contribution is 0.581. The molecule has 1 fully saturated rings. The number of hydrazine groups is 1. The van der Waals surface area contributed by atoms with Gasteiger partial charge in [-0.1, -0.05) is 49.4 Å². The van der Waals surface area contributed by atoms with E-state index in [2.05, 4.69) is 5.43 Å². The Hall–Kier alpha value is -1.06. The van der Waals surface area contributed by atoms with E-state index in [9.17, 15) is 0 Å². The van der Waals surface area contributed by atoms with Crippen LogP contribution < -0.4 is 11.3 Å². The molecule has 0 saturated heterocycles. The van der Waals surface area contributed by atoms with E-state index in [0.29, 0.717) is 12.5 Å². The minimum Gasteiger partial charge on any atom is -0.312 e. The van der Waals surface area contributed by atoms with Gasteiger partial charge in [0.15, 0.2) is 0 Å². The third-order valence-corrected chi connectivity index (χ3v) is 3.83. The van der Waals surface area contributed by atoms with Crippen LogP contribution in [0.5, 0.6) is 0 Å². The highest BCUT2D eigenvalue weighted by Crippen LogP contribution is 2.20. The van der Waals surface area contributed by atoms with Crippen molar-refractivity contribution in [3.05, 3.63) is 34.9 Å². The average molecular weight is 280 g/mol. The van der Waals surface area contributed by atoms with E-state index in [4.69, 9.17) is 22.4 Å². The standard InChI is InChI=1S/C15H22ClN3/c16-13-7-5-6-12(10-13)11-15(19-17)18-14-8-3-1-2-4-9-14/h5-7,10,14H,1-4,8-9,11,17H2,(H,18,19). The van der Waals surface area contributed by atoms with Gasteiger partial charge in [0.05, 0.1) is 6.04 Å². The van der Waals surface area contributed by atoms with Crippen molar-refractivity contribution in [3.8, 4) is 0 Å². The van der Waals surface area contributed by atoms with Gasteiger partial charge in [0.1, 0.15) is 5.84 Å². The molecule has 0 aliphatic heterocycles. The number of nitrogens with two attached hydrogens (primary N) is 1. The Bertz CT molecular complexity index is 423. The fourth-order valence-electron chi connectivity index (χ4n) is 2.58. The van der Waals surface area contributed by atoms with Crippen LogP contribution in [0.2, 0.25) is 5.02 Å². The van der Waals surface area contributed by atoms with E-state index in [1.807, 2.05) is 24.3 Å². The molecule has 3 nitrogen and oxygen atoms in total. The molecule has 19 heavy (non-hydrogen) atoms. The molecule has 0 spiro atoms. The van der Waals surface area contributed by atoms with Crippen molar-refractivity contribution in [1.29, 1.82) is 0 Å². The predicted molar refractivity (Wildman–Crippen MR) is 81.4 cm³/mol. The molecule has 1 saturated carbocycles. The quantitative estimate of drug-likeness (QED) is 0.293. The number of hydrogen-bond donors (Lipinski definition) is 2. The number of hydrogen-bond acceptors (Lipinski definition) is 2. The van der Waals surface area contributed by atoms with Crippen LogP contribution >= 0.6 is 11.6 Å². The molecule has 0 atom stereocenters. The van der Waals surface area contributed by atoms with Crippen LogP contribution in [0.3, 0.4) is 0 Å². The van der Waals surface area contributed by atoms with Crippen molar-refractivity contribution < 1.29 is 0 Å². The summed E-state index contributed by atoms with van der Waals surface area (Å²) in [7, 11) is 0. The van der Waals surface area contributed by atoms with Crippen molar-refractivity contribution in [3.63, 3.8) is 0 Å². The normalized spacial score (nSPS) is 18.1. The van der Waals surface area contributed by atoms with Gasteiger partial charge in [-0.15, -0.1) is 0 Å². The first kappa shape index (κ1) is 14.4.